The molecule has 0 unspecified atom stereocenters. The number of rotatable bonds is 4. The molecule has 1 fully saturated rings. The van der Waals surface area contributed by atoms with Crippen molar-refractivity contribution in [2.45, 2.75) is 6.42 Å². The van der Waals surface area contributed by atoms with E-state index in [1.807, 2.05) is 7.05 Å². The van der Waals surface area contributed by atoms with Crippen LogP contribution in [0.5, 0.6) is 0 Å². The van der Waals surface area contributed by atoms with E-state index in [4.69, 9.17) is 0 Å². The molecule has 1 aromatic carbocycles. The fourth-order valence-electron chi connectivity index (χ4n) is 2.22. The molecule has 1 heterocycles. The van der Waals surface area contributed by atoms with Crippen LogP contribution in [-0.2, 0) is 16.0 Å². The van der Waals surface area contributed by atoms with Crippen molar-refractivity contribution in [3.05, 3.63) is 35.6 Å². The summed E-state index contributed by atoms with van der Waals surface area (Å²) in [5, 5.41) is 2.56. The van der Waals surface area contributed by atoms with Gasteiger partial charge in [-0.25, -0.2) is 4.39 Å². The van der Waals surface area contributed by atoms with Gasteiger partial charge in [0.25, 0.3) is 0 Å². The highest BCUT2D eigenvalue weighted by atomic mass is 19.1. The maximum atomic E-state index is 13.4. The highest BCUT2D eigenvalue weighted by Crippen LogP contribution is 2.06. The molecule has 6 heteroatoms. The Kier molecular flexibility index (Phi) is 5.27. The standard InChI is InChI=1S/C15H20FN3O2/c1-18-6-8-19(9-7-18)15(21)11-17-14(20)10-12-4-2-3-5-13(12)16/h2-5H,6-11H2,1H3,(H,17,20). The molecule has 1 aromatic rings. The van der Waals surface area contributed by atoms with Gasteiger partial charge in [-0.1, -0.05) is 18.2 Å². The van der Waals surface area contributed by atoms with E-state index in [-0.39, 0.29) is 24.8 Å². The largest absolute Gasteiger partial charge is 0.347 e. The summed E-state index contributed by atoms with van der Waals surface area (Å²) in [7, 11) is 2.01. The van der Waals surface area contributed by atoms with Crippen LogP contribution in [0.15, 0.2) is 24.3 Å². The number of amides is 2. The van der Waals surface area contributed by atoms with E-state index >= 15 is 0 Å². The molecular formula is C15H20FN3O2. The van der Waals surface area contributed by atoms with Crippen LogP contribution in [-0.4, -0.2) is 61.4 Å². The normalized spacial score (nSPS) is 15.8. The number of halogens is 1. The molecule has 0 atom stereocenters. The summed E-state index contributed by atoms with van der Waals surface area (Å²) in [5.41, 5.74) is 0.335. The number of likely N-dealkylation sites (N-methyl/N-ethyl adjacent to an activating group) is 1. The molecule has 114 valence electrons. The summed E-state index contributed by atoms with van der Waals surface area (Å²) >= 11 is 0. The number of nitrogens with one attached hydrogen (secondary N) is 1. The molecule has 1 saturated heterocycles. The van der Waals surface area contributed by atoms with Crippen LogP contribution in [0, 0.1) is 5.82 Å². The minimum absolute atomic E-state index is 0.0308. The molecular weight excluding hydrogens is 273 g/mol. The first-order chi connectivity index (χ1) is 10.1. The zero-order chi connectivity index (χ0) is 15.2. The van der Waals surface area contributed by atoms with Gasteiger partial charge in [0, 0.05) is 26.2 Å². The van der Waals surface area contributed by atoms with Crippen molar-refractivity contribution in [2.24, 2.45) is 0 Å². The van der Waals surface area contributed by atoms with E-state index in [2.05, 4.69) is 10.2 Å². The van der Waals surface area contributed by atoms with Gasteiger partial charge in [0.15, 0.2) is 0 Å². The molecule has 0 aromatic heterocycles. The summed E-state index contributed by atoms with van der Waals surface area (Å²) in [6, 6.07) is 6.14. The summed E-state index contributed by atoms with van der Waals surface area (Å²) in [6.07, 6.45) is -0.0529. The lowest BCUT2D eigenvalue weighted by Gasteiger charge is -2.32. The fourth-order valence-corrected chi connectivity index (χ4v) is 2.22. The molecule has 0 spiro atoms. The lowest BCUT2D eigenvalue weighted by molar-refractivity contribution is -0.134. The van der Waals surface area contributed by atoms with Gasteiger partial charge in [0.1, 0.15) is 5.82 Å². The third-order valence-corrected chi connectivity index (χ3v) is 3.60. The van der Waals surface area contributed by atoms with Gasteiger partial charge in [-0.3, -0.25) is 9.59 Å². The Morgan fingerprint density at radius 2 is 1.86 bits per heavy atom. The first-order valence-electron chi connectivity index (χ1n) is 7.02. The third-order valence-electron chi connectivity index (χ3n) is 3.60. The molecule has 0 bridgehead atoms. The Morgan fingerprint density at radius 1 is 1.19 bits per heavy atom. The van der Waals surface area contributed by atoms with E-state index in [0.717, 1.165) is 13.1 Å². The van der Waals surface area contributed by atoms with Gasteiger partial charge in [0.2, 0.25) is 11.8 Å². The predicted molar refractivity (Wildman–Crippen MR) is 77.2 cm³/mol. The zero-order valence-electron chi connectivity index (χ0n) is 12.1. The lowest BCUT2D eigenvalue weighted by Crippen LogP contribution is -2.50. The van der Waals surface area contributed by atoms with Crippen LogP contribution in [0.25, 0.3) is 0 Å². The van der Waals surface area contributed by atoms with E-state index < -0.39 is 5.82 Å². The Bertz CT molecular complexity index is 513. The van der Waals surface area contributed by atoms with Crippen molar-refractivity contribution in [1.82, 2.24) is 15.1 Å². The average molecular weight is 293 g/mol. The quantitative estimate of drug-likeness (QED) is 0.866. The van der Waals surface area contributed by atoms with Gasteiger partial charge in [-0.05, 0) is 18.7 Å². The molecule has 2 amide bonds. The summed E-state index contributed by atoms with van der Waals surface area (Å²) < 4.78 is 13.4. The number of carbonyl (C=O) groups excluding carboxylic acids is 2. The number of piperazine rings is 1. The maximum Gasteiger partial charge on any atom is 0.242 e. The SMILES string of the molecule is CN1CCN(C(=O)CNC(=O)Cc2ccccc2F)CC1. The molecule has 0 saturated carbocycles. The van der Waals surface area contributed by atoms with Crippen LogP contribution in [0.4, 0.5) is 4.39 Å². The molecule has 5 nitrogen and oxygen atoms in total. The minimum atomic E-state index is -0.405. The van der Waals surface area contributed by atoms with Gasteiger partial charge in [-0.15, -0.1) is 0 Å². The Labute approximate surface area is 123 Å². The van der Waals surface area contributed by atoms with Crippen molar-refractivity contribution in [3.63, 3.8) is 0 Å². The van der Waals surface area contributed by atoms with Crippen LogP contribution in [0.2, 0.25) is 0 Å². The van der Waals surface area contributed by atoms with Crippen LogP contribution in [0.3, 0.4) is 0 Å². The van der Waals surface area contributed by atoms with Crippen molar-refractivity contribution in [1.29, 1.82) is 0 Å². The topological polar surface area (TPSA) is 52.6 Å². The number of benzene rings is 1. The molecule has 2 rings (SSSR count). The smallest absolute Gasteiger partial charge is 0.242 e. The summed E-state index contributed by atoms with van der Waals surface area (Å²) in [6.45, 7) is 3.01. The monoisotopic (exact) mass is 293 g/mol. The fraction of sp³-hybridized carbons (Fsp3) is 0.467. The average Bonchev–Trinajstić information content (AvgIpc) is 2.48. The Balaban J connectivity index is 1.76. The molecule has 1 aliphatic rings. The van der Waals surface area contributed by atoms with Crippen LogP contribution < -0.4 is 5.32 Å². The highest BCUT2D eigenvalue weighted by molar-refractivity contribution is 5.85. The van der Waals surface area contributed by atoms with E-state index in [1.165, 1.54) is 6.07 Å². The number of carbonyl (C=O) groups is 2. The molecule has 1 aliphatic heterocycles. The van der Waals surface area contributed by atoms with Gasteiger partial charge in [0.05, 0.1) is 13.0 Å². The first kappa shape index (κ1) is 15.4. The molecule has 0 aliphatic carbocycles. The minimum Gasteiger partial charge on any atom is -0.347 e. The van der Waals surface area contributed by atoms with Crippen molar-refractivity contribution >= 4 is 11.8 Å². The van der Waals surface area contributed by atoms with Crippen LogP contribution in [0.1, 0.15) is 5.56 Å². The van der Waals surface area contributed by atoms with Crippen molar-refractivity contribution in [3.8, 4) is 0 Å². The summed E-state index contributed by atoms with van der Waals surface area (Å²) in [4.78, 5) is 27.6. The maximum absolute atomic E-state index is 13.4. The number of nitrogens with zero attached hydrogens (tertiary/aromatic N) is 2. The van der Waals surface area contributed by atoms with E-state index in [9.17, 15) is 14.0 Å². The second kappa shape index (κ2) is 7.17. The third kappa shape index (κ3) is 4.53. The Hall–Kier alpha value is -1.95. The van der Waals surface area contributed by atoms with Crippen molar-refractivity contribution < 1.29 is 14.0 Å². The van der Waals surface area contributed by atoms with Gasteiger partial charge >= 0.3 is 0 Å². The zero-order valence-corrected chi connectivity index (χ0v) is 12.1. The van der Waals surface area contributed by atoms with E-state index in [1.54, 1.807) is 23.1 Å². The molecule has 0 radical (unpaired) electrons. The van der Waals surface area contributed by atoms with Crippen molar-refractivity contribution in [2.75, 3.05) is 39.8 Å². The number of hydrogen-bond donors (Lipinski definition) is 1. The predicted octanol–water partition coefficient (Wildman–Crippen LogP) is 0.258. The second-order valence-corrected chi connectivity index (χ2v) is 5.23. The number of hydrogen-bond acceptors (Lipinski definition) is 3. The lowest BCUT2D eigenvalue weighted by atomic mass is 10.1. The van der Waals surface area contributed by atoms with Crippen LogP contribution >= 0.6 is 0 Å². The van der Waals surface area contributed by atoms with E-state index in [0.29, 0.717) is 18.7 Å². The highest BCUT2D eigenvalue weighted by Gasteiger charge is 2.19. The van der Waals surface area contributed by atoms with Gasteiger partial charge in [-0.2, -0.15) is 0 Å². The molecule has 21 heavy (non-hydrogen) atoms. The Morgan fingerprint density at radius 3 is 2.52 bits per heavy atom. The summed E-state index contributed by atoms with van der Waals surface area (Å²) in [5.74, 6) is -0.842. The molecule has 1 N–H and O–H groups in total. The second-order valence-electron chi connectivity index (χ2n) is 5.23. The van der Waals surface area contributed by atoms with Gasteiger partial charge < -0.3 is 15.1 Å². The first-order valence-corrected chi connectivity index (χ1v) is 7.02.